The molecule has 0 atom stereocenters. The number of nitrogens with zero attached hydrogens (tertiary/aromatic N) is 3. The van der Waals surface area contributed by atoms with Gasteiger partial charge in [-0.05, 0) is 57.2 Å². The van der Waals surface area contributed by atoms with Gasteiger partial charge in [0.25, 0.3) is 16.0 Å². The molecule has 0 unspecified atom stereocenters. The molecule has 1 aliphatic rings. The number of halogens is 3. The molecule has 13 nitrogen and oxygen atoms in total. The van der Waals surface area contributed by atoms with Gasteiger partial charge in [-0.1, -0.05) is 23.2 Å². The number of ether oxygens (including phenoxy) is 1. The molecule has 0 saturated heterocycles. The summed E-state index contributed by atoms with van der Waals surface area (Å²) in [5.74, 6) is -0.389. The van der Waals surface area contributed by atoms with Crippen molar-refractivity contribution < 1.29 is 34.8 Å². The third-order valence-electron chi connectivity index (χ3n) is 4.79. The predicted molar refractivity (Wildman–Crippen MR) is 147 cm³/mol. The van der Waals surface area contributed by atoms with Crippen LogP contribution in [0.3, 0.4) is 0 Å². The van der Waals surface area contributed by atoms with Crippen LogP contribution in [0.2, 0.25) is 10.0 Å². The average molecular weight is 628 g/mol. The molecule has 0 fully saturated rings. The zero-order chi connectivity index (χ0) is 29.8. The van der Waals surface area contributed by atoms with Crippen LogP contribution in [0.4, 0.5) is 15.3 Å². The van der Waals surface area contributed by atoms with Crippen LogP contribution in [-0.4, -0.2) is 57.2 Å². The second-order valence-corrected chi connectivity index (χ2v) is 12.1. The monoisotopic (exact) mass is 626 g/mol. The lowest BCUT2D eigenvalue weighted by Gasteiger charge is -2.38. The quantitative estimate of drug-likeness (QED) is 0.261. The maximum absolute atomic E-state index is 13.0. The Kier molecular flexibility index (Phi) is 10.1. The highest BCUT2D eigenvalue weighted by molar-refractivity contribution is 7.86. The Labute approximate surface area is 234 Å². The number of amides is 1. The summed E-state index contributed by atoms with van der Waals surface area (Å²) in [5, 5.41) is 2.48. The lowest BCUT2D eigenvalue weighted by Crippen LogP contribution is -2.54. The number of guanidine groups is 2. The number of nitrogens with one attached hydrogen (secondary N) is 1. The topological polar surface area (TPSA) is 207 Å². The third kappa shape index (κ3) is 9.21. The van der Waals surface area contributed by atoms with E-state index in [0.29, 0.717) is 5.69 Å². The lowest BCUT2D eigenvalue weighted by molar-refractivity contribution is -0.118. The minimum atomic E-state index is -4.92. The fourth-order valence-corrected chi connectivity index (χ4v) is 4.09. The summed E-state index contributed by atoms with van der Waals surface area (Å²) >= 11 is 12.2. The van der Waals surface area contributed by atoms with Gasteiger partial charge in [0.15, 0.2) is 6.61 Å². The first kappa shape index (κ1) is 32.0. The number of nitrogens with two attached hydrogens (primary N) is 2. The molecule has 214 valence electrons. The minimum absolute atomic E-state index is 0.0619. The van der Waals surface area contributed by atoms with E-state index in [1.165, 1.54) is 6.92 Å². The Bertz CT molecular complexity index is 1530. The number of hydrogen-bond acceptors (Lipinski definition) is 11. The van der Waals surface area contributed by atoms with E-state index in [4.69, 9.17) is 44.0 Å². The number of carbonyl (C=O) groups excluding carboxylic acids is 1. The maximum Gasteiger partial charge on any atom is 0.332 e. The van der Waals surface area contributed by atoms with Crippen molar-refractivity contribution in [3.05, 3.63) is 46.4 Å². The first-order valence-corrected chi connectivity index (χ1v) is 14.5. The predicted octanol–water partition coefficient (Wildman–Crippen LogP) is 2.75. The third-order valence-corrected chi connectivity index (χ3v) is 6.94. The van der Waals surface area contributed by atoms with E-state index in [-0.39, 0.29) is 39.2 Å². The summed E-state index contributed by atoms with van der Waals surface area (Å²) in [5.41, 5.74) is 11.5. The summed E-state index contributed by atoms with van der Waals surface area (Å²) in [6.07, 6.45) is 0. The van der Waals surface area contributed by atoms with Crippen LogP contribution in [0.15, 0.2) is 51.3 Å². The van der Waals surface area contributed by atoms with Crippen LogP contribution in [0.25, 0.3) is 0 Å². The Hall–Kier alpha value is -3.18. The molecule has 0 aromatic heterocycles. The van der Waals surface area contributed by atoms with E-state index in [0.717, 1.165) is 18.2 Å². The number of benzene rings is 2. The highest BCUT2D eigenvalue weighted by Crippen LogP contribution is 2.34. The van der Waals surface area contributed by atoms with E-state index in [9.17, 15) is 25.5 Å². The van der Waals surface area contributed by atoms with Gasteiger partial charge >= 0.3 is 10.2 Å². The molecule has 6 N–H and O–H groups in total. The number of carbonyl (C=O) groups is 1. The van der Waals surface area contributed by atoms with Gasteiger partial charge in [0.1, 0.15) is 16.3 Å². The number of anilines is 2. The van der Waals surface area contributed by atoms with E-state index in [2.05, 4.69) is 15.3 Å². The molecule has 0 bridgehead atoms. The number of aliphatic imine (C=N–C) groups is 2. The van der Waals surface area contributed by atoms with Crippen molar-refractivity contribution in [2.24, 2.45) is 21.5 Å². The van der Waals surface area contributed by atoms with Crippen molar-refractivity contribution >= 4 is 72.7 Å². The van der Waals surface area contributed by atoms with E-state index >= 15 is 0 Å². The van der Waals surface area contributed by atoms with Gasteiger partial charge in [-0.3, -0.25) is 14.2 Å². The summed E-state index contributed by atoms with van der Waals surface area (Å²) in [4.78, 5) is 21.5. The van der Waals surface area contributed by atoms with Crippen LogP contribution < -0.4 is 26.4 Å². The molecule has 2 aromatic rings. The van der Waals surface area contributed by atoms with Crippen molar-refractivity contribution in [1.82, 2.24) is 0 Å². The molecular formula is C21H25Cl2FN6O7S2. The Morgan fingerprint density at radius 1 is 1.13 bits per heavy atom. The van der Waals surface area contributed by atoms with E-state index < -0.39 is 43.4 Å². The zero-order valence-electron chi connectivity index (χ0n) is 20.7. The fraction of sp³-hybridized carbons (Fsp3) is 0.286. The SMILES string of the molecule is CC1(C)N=C(N)N=C(N)N1c1ccc(OCC(=O)Nc2ccc(S(=O)(=O)F)cc2Cl)c(Cl)c1.CCS(=O)(=O)O. The van der Waals surface area contributed by atoms with Crippen LogP contribution in [-0.2, 0) is 25.1 Å². The average Bonchev–Trinajstić information content (AvgIpc) is 2.78. The first-order valence-electron chi connectivity index (χ1n) is 10.8. The normalized spacial score (nSPS) is 14.9. The summed E-state index contributed by atoms with van der Waals surface area (Å²) in [7, 11) is -8.58. The number of rotatable bonds is 7. The Morgan fingerprint density at radius 3 is 2.23 bits per heavy atom. The molecular weight excluding hydrogens is 602 g/mol. The van der Waals surface area contributed by atoms with E-state index in [1.54, 1.807) is 36.9 Å². The van der Waals surface area contributed by atoms with Gasteiger partial charge in [-0.15, -0.1) is 3.89 Å². The molecule has 3 rings (SSSR count). The summed E-state index contributed by atoms with van der Waals surface area (Å²) in [6, 6.07) is 7.80. The molecule has 2 aromatic carbocycles. The van der Waals surface area contributed by atoms with Crippen molar-refractivity contribution in [3.8, 4) is 5.75 Å². The fourth-order valence-electron chi connectivity index (χ4n) is 3.08. The van der Waals surface area contributed by atoms with Gasteiger partial charge in [0.2, 0.25) is 11.9 Å². The Balaban J connectivity index is 0.000000798. The van der Waals surface area contributed by atoms with Crippen LogP contribution >= 0.6 is 23.2 Å². The summed E-state index contributed by atoms with van der Waals surface area (Å²) in [6.45, 7) is 4.53. The van der Waals surface area contributed by atoms with Crippen LogP contribution in [0, 0.1) is 0 Å². The molecule has 39 heavy (non-hydrogen) atoms. The molecule has 18 heteroatoms. The first-order chi connectivity index (χ1) is 17.8. The molecule has 1 heterocycles. The second-order valence-electron chi connectivity index (χ2n) is 8.17. The van der Waals surface area contributed by atoms with Crippen molar-refractivity contribution in [3.63, 3.8) is 0 Å². The van der Waals surface area contributed by atoms with Crippen LogP contribution in [0.1, 0.15) is 20.8 Å². The smallest absolute Gasteiger partial charge is 0.332 e. The Morgan fingerprint density at radius 2 is 1.74 bits per heavy atom. The van der Waals surface area contributed by atoms with Gasteiger partial charge in [0, 0.05) is 5.69 Å². The highest BCUT2D eigenvalue weighted by Gasteiger charge is 2.33. The summed E-state index contributed by atoms with van der Waals surface area (Å²) < 4.78 is 67.3. The van der Waals surface area contributed by atoms with Crippen LogP contribution in [0.5, 0.6) is 5.75 Å². The van der Waals surface area contributed by atoms with Gasteiger partial charge < -0.3 is 21.5 Å². The number of hydrogen-bond donors (Lipinski definition) is 4. The lowest BCUT2D eigenvalue weighted by atomic mass is 10.1. The van der Waals surface area contributed by atoms with Gasteiger partial charge in [-0.25, -0.2) is 4.99 Å². The van der Waals surface area contributed by atoms with E-state index in [1.807, 2.05) is 0 Å². The maximum atomic E-state index is 13.0. The van der Waals surface area contributed by atoms with Crippen molar-refractivity contribution in [2.45, 2.75) is 31.3 Å². The molecule has 1 aliphatic heterocycles. The van der Waals surface area contributed by atoms with Gasteiger partial charge in [-0.2, -0.15) is 21.8 Å². The van der Waals surface area contributed by atoms with Gasteiger partial charge in [0.05, 0.1) is 21.5 Å². The molecule has 0 spiro atoms. The minimum Gasteiger partial charge on any atom is -0.482 e. The van der Waals surface area contributed by atoms with Crippen molar-refractivity contribution in [1.29, 1.82) is 0 Å². The molecule has 1 amide bonds. The van der Waals surface area contributed by atoms with Crippen molar-refractivity contribution in [2.75, 3.05) is 22.6 Å². The second kappa shape index (κ2) is 12.3. The molecule has 0 aliphatic carbocycles. The highest BCUT2D eigenvalue weighted by atomic mass is 35.5. The zero-order valence-corrected chi connectivity index (χ0v) is 23.9. The largest absolute Gasteiger partial charge is 0.482 e. The molecule has 0 radical (unpaired) electrons. The molecule has 0 saturated carbocycles. The standard InChI is InChI=1S/C19H19Cl2FN6O4S.C2H6O3S/c1-19(2)27-17(23)26-18(24)28(19)10-3-6-15(13(21)7-10)32-9-16(29)25-14-5-4-11(8-12(14)20)33(22,30)31;1-2-6(3,4)5/h3-8H,9H2,1-2H3,(H,25,29)(H4,23,24,26,27);2H2,1H3,(H,3,4,5).